The maximum atomic E-state index is 13.7. The number of carboxylic acids is 1. The Hall–Kier alpha value is -5.53. The number of nitrogens with two attached hydrogens (primary N) is 1. The van der Waals surface area contributed by atoms with E-state index >= 15 is 0 Å². The zero-order valence-electron chi connectivity index (χ0n) is 26.9. The van der Waals surface area contributed by atoms with Crippen LogP contribution in [0.2, 0.25) is 0 Å². The van der Waals surface area contributed by atoms with Crippen LogP contribution in [0.4, 0.5) is 30.4 Å². The number of amides is 2. The number of nitrogens with zero attached hydrogens (tertiary/aromatic N) is 1. The Morgan fingerprint density at radius 2 is 1.71 bits per heavy atom. The number of hydrogen-bond donors (Lipinski definition) is 5. The average Bonchev–Trinajstić information content (AvgIpc) is 3.03. The number of pyridine rings is 1. The van der Waals surface area contributed by atoms with Crippen LogP contribution in [-0.4, -0.2) is 46.8 Å². The standard InChI is InChI=1S/C32H37N5O4.C2HF3O2.H2/c1-5-29(38)36-24-9-7-8-21(16-24)19-35-32(39)30(23-10-13-27(41-20(3)4)28(18-23)40-6-2)37-25-11-12-26-22(17-25)14-15-34-31(26)33;3-2(4,5)1(6)7;/h7-18,20,30,37H,5-6,19H2,1-4H3,(H2,33,34)(H,35,39)(H,36,38);(H,6,7);1H. The van der Waals surface area contributed by atoms with Gasteiger partial charge in [-0.15, -0.1) is 0 Å². The van der Waals surface area contributed by atoms with Crippen LogP contribution in [0.1, 0.15) is 52.7 Å². The molecule has 0 aliphatic carbocycles. The number of ether oxygens (including phenoxy) is 2. The molecular weight excluding hydrogens is 631 g/mol. The number of rotatable bonds is 12. The molecule has 1 aromatic heterocycles. The van der Waals surface area contributed by atoms with Gasteiger partial charge in [0.25, 0.3) is 0 Å². The first-order valence-corrected chi connectivity index (χ1v) is 15.0. The van der Waals surface area contributed by atoms with Crippen LogP contribution in [0.25, 0.3) is 10.8 Å². The molecule has 6 N–H and O–H groups in total. The maximum Gasteiger partial charge on any atom is 0.490 e. The number of carbonyl (C=O) groups is 3. The number of aromatic nitrogens is 1. The quantitative estimate of drug-likeness (QED) is 0.110. The van der Waals surface area contributed by atoms with Gasteiger partial charge in [0.15, 0.2) is 11.5 Å². The Morgan fingerprint density at radius 1 is 0.979 bits per heavy atom. The highest BCUT2D eigenvalue weighted by atomic mass is 19.4. The summed E-state index contributed by atoms with van der Waals surface area (Å²) in [5.74, 6) is -1.43. The predicted octanol–water partition coefficient (Wildman–Crippen LogP) is 6.70. The minimum atomic E-state index is -5.08. The van der Waals surface area contributed by atoms with E-state index in [0.29, 0.717) is 41.6 Å². The number of halogens is 3. The molecule has 0 radical (unpaired) electrons. The molecular formula is C34H40F3N5O6. The number of fused-ring (bicyclic) bond motifs is 1. The Labute approximate surface area is 277 Å². The zero-order chi connectivity index (χ0) is 35.4. The van der Waals surface area contributed by atoms with Crippen LogP contribution in [0.3, 0.4) is 0 Å². The molecule has 0 saturated carbocycles. The van der Waals surface area contributed by atoms with Crippen molar-refractivity contribution >= 4 is 45.7 Å². The summed E-state index contributed by atoms with van der Waals surface area (Å²) in [4.78, 5) is 38.6. The van der Waals surface area contributed by atoms with E-state index in [9.17, 15) is 22.8 Å². The lowest BCUT2D eigenvalue weighted by Gasteiger charge is -2.22. The van der Waals surface area contributed by atoms with Gasteiger partial charge in [-0.3, -0.25) is 9.59 Å². The van der Waals surface area contributed by atoms with Gasteiger partial charge in [-0.05, 0) is 85.8 Å². The number of nitrogens with one attached hydrogen (secondary N) is 3. The predicted molar refractivity (Wildman–Crippen MR) is 179 cm³/mol. The summed E-state index contributed by atoms with van der Waals surface area (Å²) in [6.45, 7) is 8.33. The molecule has 1 heterocycles. The van der Waals surface area contributed by atoms with Gasteiger partial charge in [0, 0.05) is 37.4 Å². The Kier molecular flexibility index (Phi) is 13.0. The molecule has 0 saturated heterocycles. The van der Waals surface area contributed by atoms with Crippen LogP contribution < -0.4 is 31.2 Å². The van der Waals surface area contributed by atoms with E-state index in [1.54, 1.807) is 13.1 Å². The third-order valence-electron chi connectivity index (χ3n) is 6.57. The summed E-state index contributed by atoms with van der Waals surface area (Å²) in [5, 5.41) is 18.2. The van der Waals surface area contributed by atoms with Crippen LogP contribution in [-0.2, 0) is 20.9 Å². The number of carboxylic acid groups (broad SMARTS) is 1. The van der Waals surface area contributed by atoms with Gasteiger partial charge in [-0.25, -0.2) is 9.78 Å². The lowest BCUT2D eigenvalue weighted by molar-refractivity contribution is -0.192. The van der Waals surface area contributed by atoms with Gasteiger partial charge in [0.2, 0.25) is 11.8 Å². The Morgan fingerprint density at radius 3 is 2.35 bits per heavy atom. The molecule has 4 aromatic rings. The topological polar surface area (TPSA) is 165 Å². The van der Waals surface area contributed by atoms with Gasteiger partial charge in [0.05, 0.1) is 12.7 Å². The van der Waals surface area contributed by atoms with E-state index in [1.807, 2.05) is 87.5 Å². The third kappa shape index (κ3) is 10.8. The largest absolute Gasteiger partial charge is 0.490 e. The fourth-order valence-corrected chi connectivity index (χ4v) is 4.38. The summed E-state index contributed by atoms with van der Waals surface area (Å²) in [5.41, 5.74) is 9.03. The highest BCUT2D eigenvalue weighted by molar-refractivity contribution is 5.94. The third-order valence-corrected chi connectivity index (χ3v) is 6.57. The van der Waals surface area contributed by atoms with Crippen LogP contribution in [0.15, 0.2) is 72.9 Å². The normalized spacial score (nSPS) is 11.6. The fourth-order valence-electron chi connectivity index (χ4n) is 4.38. The molecule has 0 bridgehead atoms. The lowest BCUT2D eigenvalue weighted by Crippen LogP contribution is -2.33. The molecule has 258 valence electrons. The number of nitrogen functional groups attached to an aromatic ring is 1. The summed E-state index contributed by atoms with van der Waals surface area (Å²) < 4.78 is 43.5. The van der Waals surface area contributed by atoms with Gasteiger partial charge >= 0.3 is 12.1 Å². The monoisotopic (exact) mass is 671 g/mol. The van der Waals surface area contributed by atoms with Crippen molar-refractivity contribution in [3.63, 3.8) is 0 Å². The lowest BCUT2D eigenvalue weighted by atomic mass is 10.0. The van der Waals surface area contributed by atoms with Gasteiger partial charge in [-0.2, -0.15) is 13.2 Å². The van der Waals surface area contributed by atoms with Crippen molar-refractivity contribution < 1.29 is 43.6 Å². The van der Waals surface area contributed by atoms with E-state index < -0.39 is 18.2 Å². The minimum Gasteiger partial charge on any atom is -0.490 e. The van der Waals surface area contributed by atoms with E-state index in [-0.39, 0.29) is 25.9 Å². The second kappa shape index (κ2) is 16.9. The second-order valence-corrected chi connectivity index (χ2v) is 10.6. The fraction of sp³-hybridized carbons (Fsp3) is 0.294. The molecule has 11 nitrogen and oxygen atoms in total. The van der Waals surface area contributed by atoms with E-state index in [4.69, 9.17) is 25.1 Å². The Bertz CT molecular complexity index is 1740. The van der Waals surface area contributed by atoms with E-state index in [1.165, 1.54) is 0 Å². The van der Waals surface area contributed by atoms with Crippen molar-refractivity contribution in [2.45, 2.75) is 59.0 Å². The van der Waals surface area contributed by atoms with Crippen molar-refractivity contribution in [1.29, 1.82) is 0 Å². The number of carbonyl (C=O) groups excluding carboxylic acids is 2. The molecule has 0 fully saturated rings. The van der Waals surface area contributed by atoms with E-state index in [2.05, 4.69) is 20.9 Å². The van der Waals surface area contributed by atoms with Crippen molar-refractivity contribution in [2.75, 3.05) is 23.0 Å². The van der Waals surface area contributed by atoms with Gasteiger partial charge in [-0.1, -0.05) is 25.1 Å². The molecule has 2 amide bonds. The second-order valence-electron chi connectivity index (χ2n) is 10.6. The SMILES string of the molecule is CCOc1cc(C(Nc2ccc3c(N)nccc3c2)C(=O)NCc2cccc(NC(=O)CC)c2)ccc1OC(C)C.O=C(O)C(F)(F)F.[HH]. The van der Waals surface area contributed by atoms with E-state index in [0.717, 1.165) is 22.0 Å². The molecule has 14 heteroatoms. The average molecular weight is 672 g/mol. The first kappa shape index (κ1) is 36.9. The van der Waals surface area contributed by atoms with Crippen molar-refractivity contribution in [2.24, 2.45) is 0 Å². The first-order chi connectivity index (χ1) is 22.7. The van der Waals surface area contributed by atoms with Crippen molar-refractivity contribution in [1.82, 2.24) is 10.3 Å². The van der Waals surface area contributed by atoms with Crippen molar-refractivity contribution in [3.05, 3.63) is 84.1 Å². The molecule has 4 rings (SSSR count). The molecule has 0 aliphatic rings. The number of anilines is 3. The van der Waals surface area contributed by atoms with Crippen LogP contribution in [0, 0.1) is 0 Å². The molecule has 48 heavy (non-hydrogen) atoms. The number of aliphatic carboxylic acids is 1. The highest BCUT2D eigenvalue weighted by Gasteiger charge is 2.38. The number of benzene rings is 3. The van der Waals surface area contributed by atoms with Crippen LogP contribution >= 0.6 is 0 Å². The smallest absolute Gasteiger partial charge is 0.490 e. The molecule has 0 aliphatic heterocycles. The van der Waals surface area contributed by atoms with Gasteiger partial charge < -0.3 is 36.3 Å². The first-order valence-electron chi connectivity index (χ1n) is 15.0. The maximum absolute atomic E-state index is 13.7. The molecule has 3 aromatic carbocycles. The molecule has 1 atom stereocenters. The minimum absolute atomic E-state index is 0. The van der Waals surface area contributed by atoms with Crippen molar-refractivity contribution in [3.8, 4) is 11.5 Å². The summed E-state index contributed by atoms with van der Waals surface area (Å²) in [6.07, 6.45) is -3.07. The molecule has 0 spiro atoms. The summed E-state index contributed by atoms with van der Waals surface area (Å²) in [6, 6.07) is 19.8. The van der Waals surface area contributed by atoms with Gasteiger partial charge in [0.1, 0.15) is 11.9 Å². The van der Waals surface area contributed by atoms with Crippen LogP contribution in [0.5, 0.6) is 11.5 Å². The molecule has 1 unspecified atom stereocenters. The number of hydrogen-bond acceptors (Lipinski definition) is 8. The Balaban J connectivity index is 0.000000940. The summed E-state index contributed by atoms with van der Waals surface area (Å²) in [7, 11) is 0. The number of alkyl halides is 3. The zero-order valence-corrected chi connectivity index (χ0v) is 26.9. The highest BCUT2D eigenvalue weighted by Crippen LogP contribution is 2.33. The summed E-state index contributed by atoms with van der Waals surface area (Å²) >= 11 is 0.